The highest BCUT2D eigenvalue weighted by atomic mass is 35.5. The Kier molecular flexibility index (Phi) is 9.98. The van der Waals surface area contributed by atoms with Crippen molar-refractivity contribution in [2.75, 3.05) is 37.6 Å². The summed E-state index contributed by atoms with van der Waals surface area (Å²) >= 11 is 6.03. The summed E-state index contributed by atoms with van der Waals surface area (Å²) < 4.78 is 0. The second kappa shape index (κ2) is 11.9. The number of hydrogen-bond acceptors (Lipinski definition) is 6. The maximum Gasteiger partial charge on any atom is 0.260 e. The third kappa shape index (κ3) is 5.77. The van der Waals surface area contributed by atoms with Crippen LogP contribution in [-0.4, -0.2) is 64.6 Å². The summed E-state index contributed by atoms with van der Waals surface area (Å²) in [6, 6.07) is 7.01. The largest absolute Gasteiger partial charge is 0.374 e. The summed E-state index contributed by atoms with van der Waals surface area (Å²) in [5.74, 6) is 1.17. The molecular formula is C24H34Cl3N5O2. The Bertz CT molecular complexity index is 968. The molecule has 1 aliphatic carbocycles. The Morgan fingerprint density at radius 2 is 1.82 bits per heavy atom. The van der Waals surface area contributed by atoms with E-state index >= 15 is 0 Å². The number of halogens is 3. The van der Waals surface area contributed by atoms with Crippen molar-refractivity contribution in [3.8, 4) is 0 Å². The summed E-state index contributed by atoms with van der Waals surface area (Å²) in [7, 11) is 0. The minimum atomic E-state index is -1.65. The lowest BCUT2D eigenvalue weighted by molar-refractivity contribution is -0.152. The number of amides is 1. The highest BCUT2D eigenvalue weighted by molar-refractivity contribution is 6.30. The van der Waals surface area contributed by atoms with Crippen LogP contribution in [0.4, 0.5) is 5.82 Å². The van der Waals surface area contributed by atoms with Gasteiger partial charge in [-0.2, -0.15) is 0 Å². The minimum absolute atomic E-state index is 0. The van der Waals surface area contributed by atoms with Gasteiger partial charge in [-0.3, -0.25) is 4.79 Å². The predicted octanol–water partition coefficient (Wildman–Crippen LogP) is 3.56. The number of aromatic nitrogens is 2. The van der Waals surface area contributed by atoms with Gasteiger partial charge >= 0.3 is 0 Å². The van der Waals surface area contributed by atoms with Gasteiger partial charge in [-0.15, -0.1) is 24.8 Å². The van der Waals surface area contributed by atoms with Crippen LogP contribution in [0, 0.1) is 0 Å². The van der Waals surface area contributed by atoms with Crippen LogP contribution in [0.5, 0.6) is 0 Å². The standard InChI is InChI=1S/C24H32ClN5O2.2ClH/c1-16(2)26-14-24(32,18-5-7-19(25)8-6-18)23(31)30-12-10-29(11-13-30)22-21-17(3)4-9-20(21)27-15-28-22;;/h5-8,15-17,26,32H,4,9-14H2,1-3H3;2*1H/t17-,24+;;/m1../s1. The molecule has 0 unspecified atom stereocenters. The van der Waals surface area contributed by atoms with E-state index in [1.807, 2.05) is 13.8 Å². The van der Waals surface area contributed by atoms with Crippen molar-refractivity contribution < 1.29 is 9.90 Å². The predicted molar refractivity (Wildman–Crippen MR) is 141 cm³/mol. The van der Waals surface area contributed by atoms with E-state index in [9.17, 15) is 9.90 Å². The van der Waals surface area contributed by atoms with Gasteiger partial charge < -0.3 is 20.2 Å². The molecule has 0 radical (unpaired) electrons. The number of nitrogens with zero attached hydrogens (tertiary/aromatic N) is 4. The van der Waals surface area contributed by atoms with E-state index < -0.39 is 5.60 Å². The fourth-order valence-corrected chi connectivity index (χ4v) is 4.76. The summed E-state index contributed by atoms with van der Waals surface area (Å²) in [6.45, 7) is 8.77. The monoisotopic (exact) mass is 529 g/mol. The van der Waals surface area contributed by atoms with Crippen LogP contribution in [0.2, 0.25) is 5.02 Å². The number of rotatable bonds is 6. The summed E-state index contributed by atoms with van der Waals surface area (Å²) in [4.78, 5) is 26.6. The van der Waals surface area contributed by atoms with E-state index in [0.717, 1.165) is 24.4 Å². The topological polar surface area (TPSA) is 81.6 Å². The van der Waals surface area contributed by atoms with Gasteiger partial charge in [0.2, 0.25) is 0 Å². The van der Waals surface area contributed by atoms with Gasteiger partial charge in [0.1, 0.15) is 12.1 Å². The number of hydrogen-bond donors (Lipinski definition) is 2. The molecule has 7 nitrogen and oxygen atoms in total. The Labute approximate surface area is 219 Å². The average Bonchev–Trinajstić information content (AvgIpc) is 3.18. The molecule has 188 valence electrons. The van der Waals surface area contributed by atoms with Crippen molar-refractivity contribution in [2.45, 2.75) is 51.2 Å². The normalized spacial score (nSPS) is 19.2. The van der Waals surface area contributed by atoms with Gasteiger partial charge in [0.15, 0.2) is 5.60 Å². The molecule has 2 aliphatic rings. The first-order chi connectivity index (χ1) is 15.3. The molecule has 0 bridgehead atoms. The van der Waals surface area contributed by atoms with Crippen molar-refractivity contribution in [2.24, 2.45) is 0 Å². The average molecular weight is 531 g/mol. The molecule has 2 atom stereocenters. The van der Waals surface area contributed by atoms with Crippen LogP contribution in [0.15, 0.2) is 30.6 Å². The number of fused-ring (bicyclic) bond motifs is 1. The van der Waals surface area contributed by atoms with Crippen molar-refractivity contribution in [3.05, 3.63) is 52.4 Å². The molecule has 2 aromatic rings. The van der Waals surface area contributed by atoms with Crippen LogP contribution in [-0.2, 0) is 16.8 Å². The highest BCUT2D eigenvalue weighted by Crippen LogP contribution is 2.37. The molecule has 0 saturated carbocycles. The van der Waals surface area contributed by atoms with Crippen LogP contribution in [0.25, 0.3) is 0 Å². The minimum Gasteiger partial charge on any atom is -0.374 e. The molecule has 1 fully saturated rings. The number of nitrogens with one attached hydrogen (secondary N) is 1. The second-order valence-electron chi connectivity index (χ2n) is 9.18. The van der Waals surface area contributed by atoms with Crippen LogP contribution < -0.4 is 10.2 Å². The lowest BCUT2D eigenvalue weighted by Gasteiger charge is -2.40. The van der Waals surface area contributed by atoms with Crippen molar-refractivity contribution in [1.82, 2.24) is 20.2 Å². The van der Waals surface area contributed by atoms with E-state index in [-0.39, 0.29) is 43.3 Å². The van der Waals surface area contributed by atoms with Crippen molar-refractivity contribution >= 4 is 48.1 Å². The zero-order chi connectivity index (χ0) is 22.9. The summed E-state index contributed by atoms with van der Waals surface area (Å²) in [5.41, 5.74) is 1.30. The van der Waals surface area contributed by atoms with Crippen molar-refractivity contribution in [1.29, 1.82) is 0 Å². The molecule has 34 heavy (non-hydrogen) atoms. The molecule has 2 heterocycles. The van der Waals surface area contributed by atoms with E-state index in [4.69, 9.17) is 11.6 Å². The quantitative estimate of drug-likeness (QED) is 0.594. The second-order valence-corrected chi connectivity index (χ2v) is 9.62. The van der Waals surface area contributed by atoms with Crippen molar-refractivity contribution in [3.63, 3.8) is 0 Å². The first kappa shape index (κ1) is 28.6. The lowest BCUT2D eigenvalue weighted by atomic mass is 9.91. The van der Waals surface area contributed by atoms with Crippen LogP contribution in [0.3, 0.4) is 0 Å². The summed E-state index contributed by atoms with van der Waals surface area (Å²) in [6.07, 6.45) is 3.76. The van der Waals surface area contributed by atoms with E-state index in [1.165, 1.54) is 5.56 Å². The first-order valence-electron chi connectivity index (χ1n) is 11.4. The molecule has 1 aromatic carbocycles. The Balaban J connectivity index is 0.00000204. The van der Waals surface area contributed by atoms with Gasteiger partial charge in [0.05, 0.1) is 0 Å². The van der Waals surface area contributed by atoms with Gasteiger partial charge in [-0.1, -0.05) is 44.5 Å². The van der Waals surface area contributed by atoms with E-state index in [0.29, 0.717) is 42.7 Å². The van der Waals surface area contributed by atoms with Gasteiger partial charge in [0, 0.05) is 55.0 Å². The molecule has 10 heteroatoms. The number of anilines is 1. The fourth-order valence-electron chi connectivity index (χ4n) is 4.64. The summed E-state index contributed by atoms with van der Waals surface area (Å²) in [5, 5.41) is 15.4. The SMILES string of the molecule is CC(C)NC[C@@](O)(C(=O)N1CCN(c2ncnc3c2[C@H](C)CC3)CC1)c1ccc(Cl)cc1.Cl.Cl. The molecule has 0 spiro atoms. The van der Waals surface area contributed by atoms with E-state index in [1.54, 1.807) is 35.5 Å². The Morgan fingerprint density at radius 1 is 1.18 bits per heavy atom. The molecular weight excluding hydrogens is 497 g/mol. The highest BCUT2D eigenvalue weighted by Gasteiger charge is 2.42. The van der Waals surface area contributed by atoms with Crippen LogP contribution in [0.1, 0.15) is 49.9 Å². The molecule has 1 saturated heterocycles. The molecule has 4 rings (SSSR count). The maximum absolute atomic E-state index is 13.6. The fraction of sp³-hybridized carbons (Fsp3) is 0.542. The zero-order valence-electron chi connectivity index (χ0n) is 19.8. The smallest absolute Gasteiger partial charge is 0.260 e. The lowest BCUT2D eigenvalue weighted by Crippen LogP contribution is -2.58. The number of carbonyl (C=O) groups excluding carboxylic acids is 1. The molecule has 1 amide bonds. The Hall–Kier alpha value is -1.64. The van der Waals surface area contributed by atoms with Gasteiger partial charge in [-0.25, -0.2) is 9.97 Å². The zero-order valence-corrected chi connectivity index (χ0v) is 22.2. The third-order valence-corrected chi connectivity index (χ3v) is 6.81. The maximum atomic E-state index is 13.6. The Morgan fingerprint density at radius 3 is 2.44 bits per heavy atom. The third-order valence-electron chi connectivity index (χ3n) is 6.56. The molecule has 1 aromatic heterocycles. The van der Waals surface area contributed by atoms with E-state index in [2.05, 4.69) is 27.1 Å². The number of benzene rings is 1. The molecule has 1 aliphatic heterocycles. The van der Waals surface area contributed by atoms with Gasteiger partial charge in [-0.05, 0) is 36.5 Å². The first-order valence-corrected chi connectivity index (χ1v) is 11.8. The number of aliphatic hydroxyl groups is 1. The number of carbonyl (C=O) groups is 1. The van der Waals surface area contributed by atoms with Gasteiger partial charge in [0.25, 0.3) is 5.91 Å². The number of aryl methyl sites for hydroxylation is 1. The number of piperazine rings is 1. The molecule has 2 N–H and O–H groups in total. The van der Waals surface area contributed by atoms with Crippen LogP contribution >= 0.6 is 36.4 Å².